The van der Waals surface area contributed by atoms with Crippen LogP contribution in [0.5, 0.6) is 0 Å². The van der Waals surface area contributed by atoms with Crippen LogP contribution in [-0.2, 0) is 6.42 Å². The van der Waals surface area contributed by atoms with Crippen molar-refractivity contribution in [1.82, 2.24) is 0 Å². The highest BCUT2D eigenvalue weighted by molar-refractivity contribution is 7.99. The summed E-state index contributed by atoms with van der Waals surface area (Å²) in [7, 11) is 2.17. The molecule has 0 unspecified atom stereocenters. The molecule has 0 fully saturated rings. The third kappa shape index (κ3) is 3.32. The first-order valence-electron chi connectivity index (χ1n) is 6.47. The maximum Gasteiger partial charge on any atom is 0.0398 e. The van der Waals surface area contributed by atoms with Crippen LogP contribution in [0.3, 0.4) is 0 Å². The molecule has 1 heterocycles. The molecule has 3 heteroatoms. The van der Waals surface area contributed by atoms with E-state index in [2.05, 4.69) is 42.4 Å². The molecule has 0 amide bonds. The van der Waals surface area contributed by atoms with E-state index in [-0.39, 0.29) is 0 Å². The van der Waals surface area contributed by atoms with E-state index in [1.54, 1.807) is 0 Å². The lowest BCUT2D eigenvalue weighted by Crippen LogP contribution is -2.12. The zero-order valence-electron chi connectivity index (χ0n) is 10.8. The molecule has 1 aromatic carbocycles. The van der Waals surface area contributed by atoms with Crippen molar-refractivity contribution >= 4 is 23.1 Å². The van der Waals surface area contributed by atoms with Gasteiger partial charge in [-0.3, -0.25) is 0 Å². The summed E-state index contributed by atoms with van der Waals surface area (Å²) in [5.41, 5.74) is 4.16. The SMILES string of the molecule is CCSCCCNc1ccc2c(c1)CCN2C. The van der Waals surface area contributed by atoms with E-state index in [0.717, 1.165) is 13.1 Å². The van der Waals surface area contributed by atoms with Crippen LogP contribution < -0.4 is 10.2 Å². The average molecular weight is 250 g/mol. The van der Waals surface area contributed by atoms with E-state index in [1.165, 1.54) is 41.3 Å². The van der Waals surface area contributed by atoms with Gasteiger partial charge in [0.1, 0.15) is 0 Å². The first-order valence-corrected chi connectivity index (χ1v) is 7.62. The maximum atomic E-state index is 3.52. The molecule has 0 bridgehead atoms. The largest absolute Gasteiger partial charge is 0.385 e. The fourth-order valence-electron chi connectivity index (χ4n) is 2.23. The highest BCUT2D eigenvalue weighted by Crippen LogP contribution is 2.28. The monoisotopic (exact) mass is 250 g/mol. The molecule has 0 radical (unpaired) electrons. The van der Waals surface area contributed by atoms with Crippen LogP contribution in [0.1, 0.15) is 18.9 Å². The van der Waals surface area contributed by atoms with Crippen LogP contribution in [0.4, 0.5) is 11.4 Å². The molecule has 0 spiro atoms. The molecule has 94 valence electrons. The van der Waals surface area contributed by atoms with E-state index >= 15 is 0 Å². The van der Waals surface area contributed by atoms with Crippen molar-refractivity contribution in [2.24, 2.45) is 0 Å². The normalized spacial score (nSPS) is 13.9. The predicted octanol–water partition coefficient (Wildman–Crippen LogP) is 3.23. The summed E-state index contributed by atoms with van der Waals surface area (Å²) >= 11 is 2.02. The summed E-state index contributed by atoms with van der Waals surface area (Å²) < 4.78 is 0. The fourth-order valence-corrected chi connectivity index (χ4v) is 2.87. The molecule has 1 N–H and O–H groups in total. The lowest BCUT2D eigenvalue weighted by Gasteiger charge is -2.13. The Kier molecular flexibility index (Phi) is 4.60. The molecular formula is C14H22N2S. The van der Waals surface area contributed by atoms with Crippen LogP contribution in [0.2, 0.25) is 0 Å². The minimum absolute atomic E-state index is 1.08. The lowest BCUT2D eigenvalue weighted by atomic mass is 10.1. The van der Waals surface area contributed by atoms with Crippen molar-refractivity contribution < 1.29 is 0 Å². The second-order valence-corrected chi connectivity index (χ2v) is 5.89. The van der Waals surface area contributed by atoms with E-state index in [4.69, 9.17) is 0 Å². The molecular weight excluding hydrogens is 228 g/mol. The minimum Gasteiger partial charge on any atom is -0.385 e. The van der Waals surface area contributed by atoms with Gasteiger partial charge in [0.05, 0.1) is 0 Å². The second kappa shape index (κ2) is 6.20. The summed E-state index contributed by atoms with van der Waals surface area (Å²) in [4.78, 5) is 2.33. The Labute approximate surface area is 109 Å². The Hall–Kier alpha value is -0.830. The van der Waals surface area contributed by atoms with Crippen molar-refractivity contribution in [3.05, 3.63) is 23.8 Å². The van der Waals surface area contributed by atoms with Crippen LogP contribution in [0, 0.1) is 0 Å². The van der Waals surface area contributed by atoms with Gasteiger partial charge in [-0.2, -0.15) is 11.8 Å². The summed E-state index contributed by atoms with van der Waals surface area (Å²) in [6.45, 7) is 4.46. The number of rotatable bonds is 6. The Balaban J connectivity index is 1.82. The molecule has 17 heavy (non-hydrogen) atoms. The fraction of sp³-hybridized carbons (Fsp3) is 0.571. The Morgan fingerprint density at radius 2 is 2.29 bits per heavy atom. The summed E-state index contributed by atoms with van der Waals surface area (Å²) in [6.07, 6.45) is 2.43. The number of nitrogens with one attached hydrogen (secondary N) is 1. The zero-order chi connectivity index (χ0) is 12.1. The van der Waals surface area contributed by atoms with Crippen LogP contribution >= 0.6 is 11.8 Å². The number of anilines is 2. The van der Waals surface area contributed by atoms with Crippen LogP contribution in [0.25, 0.3) is 0 Å². The average Bonchev–Trinajstić information content (AvgIpc) is 2.71. The predicted molar refractivity (Wildman–Crippen MR) is 79.5 cm³/mol. The molecule has 2 nitrogen and oxygen atoms in total. The topological polar surface area (TPSA) is 15.3 Å². The minimum atomic E-state index is 1.08. The molecule has 2 rings (SSSR count). The van der Waals surface area contributed by atoms with E-state index in [1.807, 2.05) is 11.8 Å². The van der Waals surface area contributed by atoms with Crippen molar-refractivity contribution in [1.29, 1.82) is 0 Å². The quantitative estimate of drug-likeness (QED) is 0.780. The number of nitrogens with zero attached hydrogens (tertiary/aromatic N) is 1. The number of hydrogen-bond acceptors (Lipinski definition) is 3. The van der Waals surface area contributed by atoms with Gasteiger partial charge in [0, 0.05) is 31.5 Å². The smallest absolute Gasteiger partial charge is 0.0398 e. The van der Waals surface area contributed by atoms with Crippen molar-refractivity contribution in [3.63, 3.8) is 0 Å². The highest BCUT2D eigenvalue weighted by Gasteiger charge is 2.15. The second-order valence-electron chi connectivity index (χ2n) is 4.49. The summed E-state index contributed by atoms with van der Waals surface area (Å²) in [5, 5.41) is 3.52. The van der Waals surface area contributed by atoms with Gasteiger partial charge in [-0.05, 0) is 48.1 Å². The Morgan fingerprint density at radius 3 is 3.12 bits per heavy atom. The molecule has 1 aliphatic heterocycles. The lowest BCUT2D eigenvalue weighted by molar-refractivity contribution is 0.956. The Morgan fingerprint density at radius 1 is 1.41 bits per heavy atom. The standard InChI is InChI=1S/C14H22N2S/c1-3-17-10-4-8-15-13-5-6-14-12(11-13)7-9-16(14)2/h5-6,11,15H,3-4,7-10H2,1-2H3. The van der Waals surface area contributed by atoms with E-state index < -0.39 is 0 Å². The number of likely N-dealkylation sites (N-methyl/N-ethyl adjacent to an activating group) is 1. The van der Waals surface area contributed by atoms with Gasteiger partial charge in [-0.1, -0.05) is 6.92 Å². The third-order valence-electron chi connectivity index (χ3n) is 3.21. The van der Waals surface area contributed by atoms with Gasteiger partial charge in [-0.15, -0.1) is 0 Å². The van der Waals surface area contributed by atoms with Gasteiger partial charge in [-0.25, -0.2) is 0 Å². The van der Waals surface area contributed by atoms with Gasteiger partial charge in [0.25, 0.3) is 0 Å². The molecule has 0 aromatic heterocycles. The molecule has 0 aliphatic carbocycles. The Bertz CT molecular complexity index is 365. The number of fused-ring (bicyclic) bond motifs is 1. The molecule has 0 saturated heterocycles. The number of benzene rings is 1. The van der Waals surface area contributed by atoms with Gasteiger partial charge in [0.2, 0.25) is 0 Å². The van der Waals surface area contributed by atoms with Crippen molar-refractivity contribution in [2.75, 3.05) is 41.9 Å². The molecule has 0 saturated carbocycles. The van der Waals surface area contributed by atoms with Crippen molar-refractivity contribution in [3.8, 4) is 0 Å². The third-order valence-corrected chi connectivity index (χ3v) is 4.19. The molecule has 1 aromatic rings. The first kappa shape index (κ1) is 12.6. The van der Waals surface area contributed by atoms with Gasteiger partial charge < -0.3 is 10.2 Å². The first-order chi connectivity index (χ1) is 8.31. The highest BCUT2D eigenvalue weighted by atomic mass is 32.2. The van der Waals surface area contributed by atoms with Gasteiger partial charge >= 0.3 is 0 Å². The number of hydrogen-bond donors (Lipinski definition) is 1. The van der Waals surface area contributed by atoms with Crippen LogP contribution in [0.15, 0.2) is 18.2 Å². The van der Waals surface area contributed by atoms with Crippen molar-refractivity contribution in [2.45, 2.75) is 19.8 Å². The number of thioether (sulfide) groups is 1. The van der Waals surface area contributed by atoms with E-state index in [0.29, 0.717) is 0 Å². The molecule has 0 atom stereocenters. The van der Waals surface area contributed by atoms with E-state index in [9.17, 15) is 0 Å². The maximum absolute atomic E-state index is 3.52. The molecule has 1 aliphatic rings. The summed E-state index contributed by atoms with van der Waals surface area (Å²) in [6, 6.07) is 6.75. The van der Waals surface area contributed by atoms with Crippen LogP contribution in [-0.4, -0.2) is 31.6 Å². The zero-order valence-corrected chi connectivity index (χ0v) is 11.6. The summed E-state index contributed by atoms with van der Waals surface area (Å²) in [5.74, 6) is 2.49. The van der Waals surface area contributed by atoms with Gasteiger partial charge in [0.15, 0.2) is 0 Å².